The van der Waals surface area contributed by atoms with Crippen molar-refractivity contribution < 1.29 is 31.9 Å². The van der Waals surface area contributed by atoms with Crippen molar-refractivity contribution >= 4 is 34.4 Å². The number of hydrogen-bond acceptors (Lipinski definition) is 5. The third-order valence-corrected chi connectivity index (χ3v) is 7.13. The van der Waals surface area contributed by atoms with Crippen LogP contribution in [0.15, 0.2) is 35.3 Å². The summed E-state index contributed by atoms with van der Waals surface area (Å²) in [7, 11) is 0. The first-order valence-corrected chi connectivity index (χ1v) is 11.8. The Morgan fingerprint density at radius 1 is 1.32 bits per heavy atom. The Hall–Kier alpha value is -3.25. The summed E-state index contributed by atoms with van der Waals surface area (Å²) >= 11 is 6.12. The van der Waals surface area contributed by atoms with E-state index < -0.39 is 63.5 Å². The van der Waals surface area contributed by atoms with Crippen molar-refractivity contribution in [2.75, 3.05) is 18.0 Å². The standard InChI is InChI=1S/C24H20ClF5N4O3/c1-2-17(24(28,29)30)31-22(36)14-9-34(19-15(25)5-12(26)6-16(19)27)21-13(20(14)35)3-4-18(32-21)33-8-11-7-23(11,37)10-33/h3-6,9,11,17,37H,2,7-8,10H2,1H3,(H,31,36)/t11?,17-,23?/m0/s1. The number of amides is 1. The number of aromatic nitrogens is 2. The second kappa shape index (κ2) is 8.66. The van der Waals surface area contributed by atoms with E-state index in [1.165, 1.54) is 19.1 Å². The van der Waals surface area contributed by atoms with Gasteiger partial charge in [0.2, 0.25) is 5.43 Å². The first-order valence-electron chi connectivity index (χ1n) is 11.4. The van der Waals surface area contributed by atoms with E-state index in [-0.39, 0.29) is 17.0 Å². The Morgan fingerprint density at radius 3 is 2.65 bits per heavy atom. The van der Waals surface area contributed by atoms with Crippen molar-refractivity contribution in [2.24, 2.45) is 5.92 Å². The van der Waals surface area contributed by atoms with Crippen LogP contribution in [0.2, 0.25) is 5.02 Å². The first kappa shape index (κ1) is 25.4. The van der Waals surface area contributed by atoms with Crippen LogP contribution in [0.5, 0.6) is 0 Å². The van der Waals surface area contributed by atoms with E-state index in [9.17, 15) is 36.6 Å². The number of fused-ring (bicyclic) bond motifs is 2. The van der Waals surface area contributed by atoms with Crippen LogP contribution in [0.1, 0.15) is 30.1 Å². The van der Waals surface area contributed by atoms with Gasteiger partial charge in [-0.3, -0.25) is 14.2 Å². The highest BCUT2D eigenvalue weighted by molar-refractivity contribution is 6.32. The van der Waals surface area contributed by atoms with Crippen LogP contribution in [0, 0.1) is 17.6 Å². The van der Waals surface area contributed by atoms with E-state index in [2.05, 4.69) is 4.98 Å². The van der Waals surface area contributed by atoms with E-state index >= 15 is 0 Å². The molecule has 0 bridgehead atoms. The van der Waals surface area contributed by atoms with Gasteiger partial charge >= 0.3 is 6.18 Å². The molecule has 2 aromatic heterocycles. The molecule has 37 heavy (non-hydrogen) atoms. The molecule has 1 saturated heterocycles. The predicted molar refractivity (Wildman–Crippen MR) is 125 cm³/mol. The molecule has 1 aliphatic carbocycles. The number of nitrogens with one attached hydrogen (secondary N) is 1. The second-order valence-corrected chi connectivity index (χ2v) is 9.77. The molecule has 2 aliphatic rings. The van der Waals surface area contributed by atoms with Gasteiger partial charge in [0.15, 0.2) is 11.5 Å². The van der Waals surface area contributed by atoms with Gasteiger partial charge in [0, 0.05) is 31.3 Å². The van der Waals surface area contributed by atoms with Crippen molar-refractivity contribution in [1.82, 2.24) is 14.9 Å². The molecule has 5 rings (SSSR count). The second-order valence-electron chi connectivity index (χ2n) is 9.36. The summed E-state index contributed by atoms with van der Waals surface area (Å²) in [5.74, 6) is -3.03. The number of alkyl halides is 3. The molecule has 1 saturated carbocycles. The highest BCUT2D eigenvalue weighted by Crippen LogP contribution is 2.50. The Bertz CT molecular complexity index is 1470. The summed E-state index contributed by atoms with van der Waals surface area (Å²) in [6.45, 7) is 2.01. The highest BCUT2D eigenvalue weighted by Gasteiger charge is 2.59. The molecule has 196 valence electrons. The molecule has 2 fully saturated rings. The van der Waals surface area contributed by atoms with Gasteiger partial charge in [0.05, 0.1) is 16.0 Å². The van der Waals surface area contributed by atoms with Gasteiger partial charge in [0.1, 0.15) is 28.9 Å². The van der Waals surface area contributed by atoms with Crippen LogP contribution in [-0.4, -0.2) is 51.5 Å². The summed E-state index contributed by atoms with van der Waals surface area (Å²) in [5, 5.41) is 11.6. The number of anilines is 1. The number of aliphatic hydroxyl groups is 1. The molecule has 1 aromatic carbocycles. The fourth-order valence-corrected chi connectivity index (χ4v) is 5.03. The third-order valence-electron chi connectivity index (χ3n) is 6.84. The van der Waals surface area contributed by atoms with Gasteiger partial charge < -0.3 is 15.3 Å². The number of nitrogens with zero attached hydrogens (tertiary/aromatic N) is 3. The summed E-state index contributed by atoms with van der Waals surface area (Å²) in [6, 6.07) is 1.92. The largest absolute Gasteiger partial charge is 0.408 e. The van der Waals surface area contributed by atoms with Crippen LogP contribution < -0.4 is 15.6 Å². The Labute approximate surface area is 211 Å². The molecule has 3 atom stereocenters. The number of carbonyl (C=O) groups excluding carboxylic acids is 1. The molecule has 1 amide bonds. The van der Waals surface area contributed by atoms with Crippen molar-refractivity contribution in [3.8, 4) is 5.69 Å². The average Bonchev–Trinajstić information content (AvgIpc) is 3.32. The number of benzene rings is 1. The predicted octanol–water partition coefficient (Wildman–Crippen LogP) is 3.96. The molecule has 0 spiro atoms. The zero-order chi connectivity index (χ0) is 26.9. The van der Waals surface area contributed by atoms with Crippen LogP contribution in [0.25, 0.3) is 16.7 Å². The van der Waals surface area contributed by atoms with Crippen LogP contribution in [-0.2, 0) is 0 Å². The van der Waals surface area contributed by atoms with Crippen LogP contribution in [0.3, 0.4) is 0 Å². The van der Waals surface area contributed by atoms with Crippen LogP contribution in [0.4, 0.5) is 27.8 Å². The maximum Gasteiger partial charge on any atom is 0.408 e. The fourth-order valence-electron chi connectivity index (χ4n) is 4.75. The van der Waals surface area contributed by atoms with E-state index in [4.69, 9.17) is 11.6 Å². The van der Waals surface area contributed by atoms with Gasteiger partial charge in [-0.2, -0.15) is 13.2 Å². The monoisotopic (exact) mass is 542 g/mol. The zero-order valence-corrected chi connectivity index (χ0v) is 20.0. The highest BCUT2D eigenvalue weighted by atomic mass is 35.5. The molecular weight excluding hydrogens is 523 g/mol. The minimum atomic E-state index is -4.76. The van der Waals surface area contributed by atoms with Gasteiger partial charge in [-0.05, 0) is 31.0 Å². The van der Waals surface area contributed by atoms with E-state index in [0.29, 0.717) is 31.4 Å². The Balaban J connectivity index is 1.69. The quantitative estimate of drug-likeness (QED) is 0.477. The summed E-state index contributed by atoms with van der Waals surface area (Å²) in [4.78, 5) is 32.2. The van der Waals surface area contributed by atoms with Gasteiger partial charge in [-0.1, -0.05) is 18.5 Å². The first-order chi connectivity index (χ1) is 17.3. The topological polar surface area (TPSA) is 87.5 Å². The minimum absolute atomic E-state index is 0.0717. The third kappa shape index (κ3) is 4.42. The Morgan fingerprint density at radius 2 is 2.05 bits per heavy atom. The number of pyridine rings is 2. The summed E-state index contributed by atoms with van der Waals surface area (Å²) in [6.07, 6.45) is -3.74. The number of halogens is 6. The average molecular weight is 543 g/mol. The summed E-state index contributed by atoms with van der Waals surface area (Å²) < 4.78 is 69.4. The molecule has 3 heterocycles. The zero-order valence-electron chi connectivity index (χ0n) is 19.2. The van der Waals surface area contributed by atoms with Crippen LogP contribution >= 0.6 is 11.6 Å². The van der Waals surface area contributed by atoms with Crippen molar-refractivity contribution in [3.05, 3.63) is 62.9 Å². The number of hydrogen-bond donors (Lipinski definition) is 2. The van der Waals surface area contributed by atoms with Crippen molar-refractivity contribution in [2.45, 2.75) is 37.6 Å². The normalized spacial score (nSPS) is 21.7. The lowest BCUT2D eigenvalue weighted by molar-refractivity contribution is -0.153. The van der Waals surface area contributed by atoms with Crippen molar-refractivity contribution in [1.29, 1.82) is 0 Å². The number of rotatable bonds is 5. The van der Waals surface area contributed by atoms with Crippen molar-refractivity contribution in [3.63, 3.8) is 0 Å². The van der Waals surface area contributed by atoms with Gasteiger partial charge in [-0.15, -0.1) is 0 Å². The molecule has 2 unspecified atom stereocenters. The lowest BCUT2D eigenvalue weighted by Crippen LogP contribution is -2.46. The van der Waals surface area contributed by atoms with Gasteiger partial charge in [-0.25, -0.2) is 13.8 Å². The molecule has 2 N–H and O–H groups in total. The maximum atomic E-state index is 14.9. The minimum Gasteiger partial charge on any atom is -0.388 e. The molecule has 0 radical (unpaired) electrons. The molecule has 3 aromatic rings. The van der Waals surface area contributed by atoms with E-state index in [1.54, 1.807) is 10.2 Å². The molecule has 13 heteroatoms. The Kier molecular flexibility index (Phi) is 5.94. The fraction of sp³-hybridized carbons (Fsp3) is 0.375. The molecular formula is C24H20ClF5N4O3. The summed E-state index contributed by atoms with van der Waals surface area (Å²) in [5.41, 5.74) is -3.05. The number of β-amino-alcohol motifs (C(OH)–C–C–N with tert-alkyl or cyclic N) is 1. The lowest BCUT2D eigenvalue weighted by atomic mass is 10.1. The number of piperidine rings is 1. The van der Waals surface area contributed by atoms with E-state index in [0.717, 1.165) is 16.8 Å². The lowest BCUT2D eigenvalue weighted by Gasteiger charge is -2.22. The SMILES string of the molecule is CC[C@H](NC(=O)c1cn(-c2c(F)cc(F)cc2Cl)c2nc(N3CC4CC4(O)C3)ccc2c1=O)C(F)(F)F. The molecule has 1 aliphatic heterocycles. The van der Waals surface area contributed by atoms with E-state index in [1.807, 2.05) is 0 Å². The number of carbonyl (C=O) groups is 1. The smallest absolute Gasteiger partial charge is 0.388 e. The maximum absolute atomic E-state index is 14.9. The molecule has 7 nitrogen and oxygen atoms in total. The van der Waals surface area contributed by atoms with Gasteiger partial charge in [0.25, 0.3) is 5.91 Å².